The summed E-state index contributed by atoms with van der Waals surface area (Å²) in [5.74, 6) is -0.407. The Kier molecular flexibility index (Phi) is 4.37. The number of non-ortho nitro benzene ring substituents is 1. The number of thiophene rings is 1. The molecule has 0 aliphatic rings. The number of carbonyl (C=O) groups excluding carboxylic acids is 1. The first kappa shape index (κ1) is 15.2. The number of ether oxygens (including phenoxy) is 1. The average molecular weight is 305 g/mol. The maximum atomic E-state index is 12.1. The average Bonchev–Trinajstić information content (AvgIpc) is 2.77. The first-order valence-corrected chi connectivity index (χ1v) is 7.22. The van der Waals surface area contributed by atoms with Gasteiger partial charge < -0.3 is 4.74 Å². The molecule has 0 bridgehead atoms. The lowest BCUT2D eigenvalue weighted by Gasteiger charge is -2.13. The van der Waals surface area contributed by atoms with E-state index in [1.165, 1.54) is 23.5 Å². The number of esters is 1. The summed E-state index contributed by atoms with van der Waals surface area (Å²) in [5, 5.41) is 10.8. The Morgan fingerprint density at radius 3 is 2.62 bits per heavy atom. The minimum atomic E-state index is -0.544. The number of aryl methyl sites for hydroxylation is 2. The summed E-state index contributed by atoms with van der Waals surface area (Å²) in [6.07, 6.45) is -0.544. The summed E-state index contributed by atoms with van der Waals surface area (Å²) in [6, 6.07) is 7.91. The van der Waals surface area contributed by atoms with E-state index in [0.29, 0.717) is 11.1 Å². The zero-order chi connectivity index (χ0) is 15.6. The molecule has 2 rings (SSSR count). The fourth-order valence-electron chi connectivity index (χ4n) is 2.02. The van der Waals surface area contributed by atoms with Crippen LogP contribution in [0, 0.1) is 24.0 Å². The smallest absolute Gasteiger partial charge is 0.339 e. The summed E-state index contributed by atoms with van der Waals surface area (Å²) < 4.78 is 5.40. The van der Waals surface area contributed by atoms with Crippen molar-refractivity contribution in [3.05, 3.63) is 61.3 Å². The molecule has 21 heavy (non-hydrogen) atoms. The monoisotopic (exact) mass is 305 g/mol. The number of carbonyl (C=O) groups is 1. The number of benzene rings is 1. The molecule has 0 saturated heterocycles. The molecule has 0 amide bonds. The molecule has 1 atom stereocenters. The summed E-state index contributed by atoms with van der Waals surface area (Å²) in [6.45, 7) is 5.50. The number of rotatable bonds is 4. The Morgan fingerprint density at radius 2 is 2.05 bits per heavy atom. The van der Waals surface area contributed by atoms with E-state index in [4.69, 9.17) is 4.74 Å². The quantitative estimate of drug-likeness (QED) is 0.482. The van der Waals surface area contributed by atoms with Crippen molar-refractivity contribution in [1.29, 1.82) is 0 Å². The Balaban J connectivity index is 2.16. The van der Waals surface area contributed by atoms with Gasteiger partial charge >= 0.3 is 5.97 Å². The third-order valence-corrected chi connectivity index (χ3v) is 4.06. The van der Waals surface area contributed by atoms with Crippen LogP contribution in [0.1, 0.15) is 38.7 Å². The molecule has 1 aromatic carbocycles. The minimum absolute atomic E-state index is 0.0158. The van der Waals surface area contributed by atoms with Crippen LogP contribution in [0.5, 0.6) is 0 Å². The maximum absolute atomic E-state index is 12.1. The van der Waals surface area contributed by atoms with E-state index in [2.05, 4.69) is 0 Å². The number of nitrogens with zero attached hydrogens (tertiary/aromatic N) is 1. The third kappa shape index (κ3) is 3.46. The topological polar surface area (TPSA) is 69.4 Å². The molecule has 0 saturated carbocycles. The van der Waals surface area contributed by atoms with Crippen molar-refractivity contribution in [3.63, 3.8) is 0 Å². The van der Waals surface area contributed by atoms with Gasteiger partial charge in [-0.15, -0.1) is 11.3 Å². The van der Waals surface area contributed by atoms with Crippen molar-refractivity contribution < 1.29 is 14.5 Å². The number of nitro groups is 1. The number of nitro benzene ring substituents is 1. The standard InChI is InChI=1S/C15H15NO4S/c1-9-7-14(11(3)21-9)15(17)20-10(2)12-5-4-6-13(8-12)16(18)19/h4-8,10H,1-3H3/t10-/m1/s1. The van der Waals surface area contributed by atoms with Gasteiger partial charge in [0.25, 0.3) is 5.69 Å². The second kappa shape index (κ2) is 6.05. The van der Waals surface area contributed by atoms with E-state index in [-0.39, 0.29) is 5.69 Å². The first-order chi connectivity index (χ1) is 9.88. The summed E-state index contributed by atoms with van der Waals surface area (Å²) in [5.41, 5.74) is 1.13. The largest absolute Gasteiger partial charge is 0.454 e. The van der Waals surface area contributed by atoms with Gasteiger partial charge in [-0.1, -0.05) is 12.1 Å². The molecule has 0 fully saturated rings. The van der Waals surface area contributed by atoms with Crippen LogP contribution in [-0.2, 0) is 4.74 Å². The summed E-state index contributed by atoms with van der Waals surface area (Å²) in [7, 11) is 0. The molecular weight excluding hydrogens is 290 g/mol. The molecule has 0 N–H and O–H groups in total. The molecular formula is C15H15NO4S. The minimum Gasteiger partial charge on any atom is -0.454 e. The summed E-state index contributed by atoms with van der Waals surface area (Å²) >= 11 is 1.54. The molecule has 5 nitrogen and oxygen atoms in total. The highest BCUT2D eigenvalue weighted by molar-refractivity contribution is 7.12. The second-order valence-corrected chi connectivity index (χ2v) is 6.19. The molecule has 0 aliphatic heterocycles. The van der Waals surface area contributed by atoms with Gasteiger partial charge in [0.1, 0.15) is 6.10 Å². The predicted octanol–water partition coefficient (Wildman–Crippen LogP) is 4.19. The lowest BCUT2D eigenvalue weighted by Crippen LogP contribution is -2.09. The Bertz CT molecular complexity index is 693. The number of hydrogen-bond acceptors (Lipinski definition) is 5. The Hall–Kier alpha value is -2.21. The van der Waals surface area contributed by atoms with Gasteiger partial charge in [0, 0.05) is 21.9 Å². The van der Waals surface area contributed by atoms with Crippen LogP contribution >= 0.6 is 11.3 Å². The third-order valence-electron chi connectivity index (χ3n) is 3.10. The molecule has 2 aromatic rings. The van der Waals surface area contributed by atoms with Gasteiger partial charge in [0.2, 0.25) is 0 Å². The zero-order valence-electron chi connectivity index (χ0n) is 12.0. The van der Waals surface area contributed by atoms with Crippen molar-refractivity contribution in [1.82, 2.24) is 0 Å². The SMILES string of the molecule is Cc1cc(C(=O)O[C@H](C)c2cccc([N+](=O)[O-])c2)c(C)s1. The van der Waals surface area contributed by atoms with Crippen molar-refractivity contribution in [2.45, 2.75) is 26.9 Å². The lowest BCUT2D eigenvalue weighted by atomic mass is 10.1. The van der Waals surface area contributed by atoms with Crippen LogP contribution in [0.2, 0.25) is 0 Å². The molecule has 0 spiro atoms. The van der Waals surface area contributed by atoms with Crippen LogP contribution in [0.3, 0.4) is 0 Å². The lowest BCUT2D eigenvalue weighted by molar-refractivity contribution is -0.385. The normalized spacial score (nSPS) is 12.0. The van der Waals surface area contributed by atoms with Gasteiger partial charge in [0.15, 0.2) is 0 Å². The van der Waals surface area contributed by atoms with Crippen molar-refractivity contribution >= 4 is 23.0 Å². The van der Waals surface area contributed by atoms with E-state index in [1.807, 2.05) is 13.8 Å². The first-order valence-electron chi connectivity index (χ1n) is 6.41. The summed E-state index contributed by atoms with van der Waals surface area (Å²) in [4.78, 5) is 24.4. The van der Waals surface area contributed by atoms with Crippen LogP contribution < -0.4 is 0 Å². The highest BCUT2D eigenvalue weighted by atomic mass is 32.1. The van der Waals surface area contributed by atoms with Crippen LogP contribution in [-0.4, -0.2) is 10.9 Å². The van der Waals surface area contributed by atoms with Crippen molar-refractivity contribution in [2.75, 3.05) is 0 Å². The molecule has 110 valence electrons. The molecule has 6 heteroatoms. The van der Waals surface area contributed by atoms with E-state index in [0.717, 1.165) is 9.75 Å². The maximum Gasteiger partial charge on any atom is 0.339 e. The Morgan fingerprint density at radius 1 is 1.33 bits per heavy atom. The van der Waals surface area contributed by atoms with Gasteiger partial charge in [0.05, 0.1) is 10.5 Å². The van der Waals surface area contributed by atoms with Gasteiger partial charge in [-0.3, -0.25) is 10.1 Å². The zero-order valence-corrected chi connectivity index (χ0v) is 12.8. The molecule has 1 heterocycles. The van der Waals surface area contributed by atoms with Crippen LogP contribution in [0.4, 0.5) is 5.69 Å². The van der Waals surface area contributed by atoms with E-state index in [9.17, 15) is 14.9 Å². The van der Waals surface area contributed by atoms with Gasteiger partial charge in [-0.05, 0) is 32.4 Å². The van der Waals surface area contributed by atoms with E-state index in [1.54, 1.807) is 25.1 Å². The number of hydrogen-bond donors (Lipinski definition) is 0. The second-order valence-electron chi connectivity index (χ2n) is 4.73. The van der Waals surface area contributed by atoms with Gasteiger partial charge in [-0.2, -0.15) is 0 Å². The fourth-order valence-corrected chi connectivity index (χ4v) is 2.93. The van der Waals surface area contributed by atoms with Crippen molar-refractivity contribution in [2.24, 2.45) is 0 Å². The molecule has 0 radical (unpaired) electrons. The highest BCUT2D eigenvalue weighted by Crippen LogP contribution is 2.26. The predicted molar refractivity (Wildman–Crippen MR) is 80.7 cm³/mol. The van der Waals surface area contributed by atoms with E-state index < -0.39 is 17.0 Å². The van der Waals surface area contributed by atoms with Gasteiger partial charge in [-0.25, -0.2) is 4.79 Å². The van der Waals surface area contributed by atoms with E-state index >= 15 is 0 Å². The molecule has 1 aromatic heterocycles. The van der Waals surface area contributed by atoms with Crippen LogP contribution in [0.15, 0.2) is 30.3 Å². The highest BCUT2D eigenvalue weighted by Gasteiger charge is 2.18. The molecule has 0 aliphatic carbocycles. The fraction of sp³-hybridized carbons (Fsp3) is 0.267. The molecule has 0 unspecified atom stereocenters. The van der Waals surface area contributed by atoms with Crippen LogP contribution in [0.25, 0.3) is 0 Å². The van der Waals surface area contributed by atoms with Crippen molar-refractivity contribution in [3.8, 4) is 0 Å². The Labute approximate surface area is 126 Å².